The van der Waals surface area contributed by atoms with Crippen LogP contribution < -0.4 is 20.3 Å². The highest BCUT2D eigenvalue weighted by Gasteiger charge is 2.28. The topological polar surface area (TPSA) is 163 Å². The predicted octanol–water partition coefficient (Wildman–Crippen LogP) is 3.55. The third kappa shape index (κ3) is 6.20. The third-order valence-electron chi connectivity index (χ3n) is 7.36. The molecule has 0 unspecified atom stereocenters. The highest BCUT2D eigenvalue weighted by atomic mass is 19.1. The van der Waals surface area contributed by atoms with Crippen molar-refractivity contribution < 1.29 is 29.1 Å². The molecular formula is C28H31FN6O6. The number of hydrogen-bond acceptors (Lipinski definition) is 10. The fraction of sp³-hybridized carbons (Fsp3) is 0.393. The molecule has 2 fully saturated rings. The van der Waals surface area contributed by atoms with Gasteiger partial charge in [-0.15, -0.1) is 0 Å². The summed E-state index contributed by atoms with van der Waals surface area (Å²) in [5.74, 6) is -0.523. The minimum atomic E-state index is -0.730. The van der Waals surface area contributed by atoms with E-state index in [9.17, 15) is 29.5 Å². The van der Waals surface area contributed by atoms with E-state index in [1.807, 2.05) is 4.90 Å². The number of β-amino-alcohol motifs (C(OH)–C–C–N with tert-alkyl or cyclic N) is 1. The predicted molar refractivity (Wildman–Crippen MR) is 149 cm³/mol. The summed E-state index contributed by atoms with van der Waals surface area (Å²) in [6.07, 6.45) is 3.61. The average Bonchev–Trinajstić information content (AvgIpc) is 3.36. The molecule has 3 heterocycles. The minimum absolute atomic E-state index is 0.0898. The number of hydrogen-bond donors (Lipinski definition) is 4. The minimum Gasteiger partial charge on any atom is -0.496 e. The number of nitro groups is 1. The van der Waals surface area contributed by atoms with Gasteiger partial charge in [0.15, 0.2) is 5.69 Å². The summed E-state index contributed by atoms with van der Waals surface area (Å²) in [4.78, 5) is 35.0. The molecule has 0 bridgehead atoms. The highest BCUT2D eigenvalue weighted by molar-refractivity contribution is 6.00. The summed E-state index contributed by atoms with van der Waals surface area (Å²) < 4.78 is 20.1. The van der Waals surface area contributed by atoms with Gasteiger partial charge in [-0.05, 0) is 50.3 Å². The molecule has 2 aliphatic rings. The van der Waals surface area contributed by atoms with Gasteiger partial charge in [-0.1, -0.05) is 6.07 Å². The van der Waals surface area contributed by atoms with E-state index in [2.05, 4.69) is 20.6 Å². The largest absolute Gasteiger partial charge is 0.496 e. The van der Waals surface area contributed by atoms with Crippen LogP contribution in [0.2, 0.25) is 0 Å². The number of carbonyl (C=O) groups is 1. The second-order valence-corrected chi connectivity index (χ2v) is 10.2. The number of nitrogens with zero attached hydrogens (tertiary/aromatic N) is 4. The van der Waals surface area contributed by atoms with Gasteiger partial charge in [-0.2, -0.15) is 0 Å². The summed E-state index contributed by atoms with van der Waals surface area (Å²) in [7, 11) is 1.34. The molecular weight excluding hydrogens is 535 g/mol. The Kier molecular flexibility index (Phi) is 8.26. The molecule has 1 aromatic carbocycles. The van der Waals surface area contributed by atoms with Crippen LogP contribution in [0.15, 0.2) is 42.6 Å². The SMILES string of the molecule is COc1cccc(F)c1-c1nc(Nc2cc(N3CCC[C@H](O)C3)c(C(=O)N[C@@H]3CC[C@H](O)C3)cn2)ccc1[N+](=O)[O-]. The van der Waals surface area contributed by atoms with Gasteiger partial charge in [0.2, 0.25) is 0 Å². The van der Waals surface area contributed by atoms with Gasteiger partial charge in [0.1, 0.15) is 23.2 Å². The normalized spacial score (nSPS) is 20.5. The van der Waals surface area contributed by atoms with Gasteiger partial charge >= 0.3 is 0 Å². The summed E-state index contributed by atoms with van der Waals surface area (Å²) in [6, 6.07) is 8.20. The van der Waals surface area contributed by atoms with E-state index < -0.39 is 28.6 Å². The van der Waals surface area contributed by atoms with E-state index in [1.165, 1.54) is 43.6 Å². The van der Waals surface area contributed by atoms with E-state index in [0.29, 0.717) is 55.8 Å². The maximum atomic E-state index is 14.8. The molecule has 13 heteroatoms. The van der Waals surface area contributed by atoms with Crippen LogP contribution in [0.3, 0.4) is 0 Å². The smallest absolute Gasteiger partial charge is 0.295 e. The van der Waals surface area contributed by atoms with Crippen molar-refractivity contribution in [2.24, 2.45) is 0 Å². The van der Waals surface area contributed by atoms with Gasteiger partial charge in [-0.3, -0.25) is 14.9 Å². The number of halogens is 1. The molecule has 1 amide bonds. The van der Waals surface area contributed by atoms with Crippen LogP contribution in [0, 0.1) is 15.9 Å². The van der Waals surface area contributed by atoms with Crippen molar-refractivity contribution in [3.05, 3.63) is 64.1 Å². The molecule has 1 saturated heterocycles. The van der Waals surface area contributed by atoms with Gasteiger partial charge in [0, 0.05) is 37.5 Å². The Morgan fingerprint density at radius 1 is 1.17 bits per heavy atom. The number of benzene rings is 1. The fourth-order valence-electron chi connectivity index (χ4n) is 5.36. The van der Waals surface area contributed by atoms with E-state index in [-0.39, 0.29) is 34.8 Å². The molecule has 1 aliphatic carbocycles. The zero-order valence-electron chi connectivity index (χ0n) is 22.4. The van der Waals surface area contributed by atoms with Crippen LogP contribution in [0.5, 0.6) is 5.75 Å². The van der Waals surface area contributed by atoms with Crippen LogP contribution in [0.4, 0.5) is 27.4 Å². The number of amides is 1. The molecule has 5 rings (SSSR count). The Morgan fingerprint density at radius 3 is 2.71 bits per heavy atom. The lowest BCUT2D eigenvalue weighted by Crippen LogP contribution is -2.40. The number of pyridine rings is 2. The van der Waals surface area contributed by atoms with Crippen molar-refractivity contribution in [1.82, 2.24) is 15.3 Å². The summed E-state index contributed by atoms with van der Waals surface area (Å²) >= 11 is 0. The van der Waals surface area contributed by atoms with Gasteiger partial charge < -0.3 is 30.5 Å². The third-order valence-corrected chi connectivity index (χ3v) is 7.36. The standard InChI is InChI=1S/C28H31FN6O6/c1-41-23-6-2-5-20(29)26(23)27-21(35(39)40)9-10-24(33-27)32-25-13-22(34-11-3-4-18(37)15-34)19(14-30-25)28(38)31-16-7-8-17(36)12-16/h2,5-6,9-10,13-14,16-18,36-37H,3-4,7-8,11-12,15H2,1H3,(H,31,38)(H,30,32,33)/t16-,17+,18+/m1/s1. The number of anilines is 3. The second-order valence-electron chi connectivity index (χ2n) is 10.2. The first-order chi connectivity index (χ1) is 19.7. The Bertz CT molecular complexity index is 1460. The summed E-state index contributed by atoms with van der Waals surface area (Å²) in [5, 5.41) is 37.9. The van der Waals surface area contributed by atoms with Crippen molar-refractivity contribution >= 4 is 28.9 Å². The van der Waals surface area contributed by atoms with Crippen LogP contribution >= 0.6 is 0 Å². The molecule has 3 aromatic rings. The lowest BCUT2D eigenvalue weighted by atomic mass is 10.1. The molecule has 1 saturated carbocycles. The molecule has 0 spiro atoms. The molecule has 3 atom stereocenters. The molecule has 0 radical (unpaired) electrons. The number of ether oxygens (including phenoxy) is 1. The van der Waals surface area contributed by atoms with E-state index in [1.54, 1.807) is 6.07 Å². The fourth-order valence-corrected chi connectivity index (χ4v) is 5.36. The van der Waals surface area contributed by atoms with Crippen LogP contribution in [-0.2, 0) is 0 Å². The lowest BCUT2D eigenvalue weighted by molar-refractivity contribution is -0.384. The van der Waals surface area contributed by atoms with Crippen LogP contribution in [-0.4, -0.2) is 69.5 Å². The highest BCUT2D eigenvalue weighted by Crippen LogP contribution is 2.38. The number of methoxy groups -OCH3 is 1. The summed E-state index contributed by atoms with van der Waals surface area (Å²) in [5.41, 5.74) is 0.100. The quantitative estimate of drug-likeness (QED) is 0.234. The first kappa shape index (κ1) is 28.2. The van der Waals surface area contributed by atoms with Gasteiger partial charge in [-0.25, -0.2) is 14.4 Å². The Hall–Kier alpha value is -4.36. The monoisotopic (exact) mass is 566 g/mol. The number of piperidine rings is 1. The maximum Gasteiger partial charge on any atom is 0.295 e. The van der Waals surface area contributed by atoms with Crippen molar-refractivity contribution in [3.8, 4) is 17.0 Å². The van der Waals surface area contributed by atoms with Gasteiger partial charge in [0.05, 0.1) is 41.1 Å². The zero-order valence-corrected chi connectivity index (χ0v) is 22.4. The molecule has 41 heavy (non-hydrogen) atoms. The number of carbonyl (C=O) groups excluding carboxylic acids is 1. The van der Waals surface area contributed by atoms with E-state index in [4.69, 9.17) is 4.74 Å². The molecule has 4 N–H and O–H groups in total. The van der Waals surface area contributed by atoms with Crippen molar-refractivity contribution in [1.29, 1.82) is 0 Å². The van der Waals surface area contributed by atoms with Crippen molar-refractivity contribution in [3.63, 3.8) is 0 Å². The molecule has 1 aliphatic heterocycles. The number of aliphatic hydroxyl groups is 2. The first-order valence-electron chi connectivity index (χ1n) is 13.4. The van der Waals surface area contributed by atoms with Crippen LogP contribution in [0.1, 0.15) is 42.5 Å². The maximum absolute atomic E-state index is 14.8. The Balaban J connectivity index is 1.49. The molecule has 2 aromatic heterocycles. The number of rotatable bonds is 8. The number of nitrogens with one attached hydrogen (secondary N) is 2. The van der Waals surface area contributed by atoms with E-state index in [0.717, 1.165) is 6.42 Å². The zero-order chi connectivity index (χ0) is 29.1. The summed E-state index contributed by atoms with van der Waals surface area (Å²) in [6.45, 7) is 0.953. The Labute approximate surface area is 235 Å². The average molecular weight is 567 g/mol. The lowest BCUT2D eigenvalue weighted by Gasteiger charge is -2.33. The number of aromatic nitrogens is 2. The first-order valence-corrected chi connectivity index (χ1v) is 13.4. The van der Waals surface area contributed by atoms with Gasteiger partial charge in [0.25, 0.3) is 11.6 Å². The Morgan fingerprint density at radius 2 is 2.00 bits per heavy atom. The van der Waals surface area contributed by atoms with Crippen LogP contribution in [0.25, 0.3) is 11.3 Å². The molecule has 12 nitrogen and oxygen atoms in total. The molecule has 216 valence electrons. The van der Waals surface area contributed by atoms with E-state index >= 15 is 0 Å². The van der Waals surface area contributed by atoms with Crippen molar-refractivity contribution in [2.75, 3.05) is 30.4 Å². The second kappa shape index (κ2) is 12.0. The number of aliphatic hydroxyl groups excluding tert-OH is 2. The van der Waals surface area contributed by atoms with Crippen molar-refractivity contribution in [2.45, 2.75) is 50.4 Å².